The number of rotatable bonds is 1. The van der Waals surface area contributed by atoms with Gasteiger partial charge < -0.3 is 5.73 Å². The molecule has 0 bridgehead atoms. The molecule has 1 aliphatic heterocycles. The zero-order valence-corrected chi connectivity index (χ0v) is 7.07. The Kier molecular flexibility index (Phi) is 2.12. The van der Waals surface area contributed by atoms with E-state index in [0.717, 1.165) is 4.90 Å². The van der Waals surface area contributed by atoms with Crippen molar-refractivity contribution in [2.24, 2.45) is 10.7 Å². The molecule has 1 unspecified atom stereocenters. The molecule has 0 saturated carbocycles. The first-order valence-corrected chi connectivity index (χ1v) is 3.62. The van der Waals surface area contributed by atoms with Gasteiger partial charge in [0.15, 0.2) is 0 Å². The van der Waals surface area contributed by atoms with Gasteiger partial charge in [-0.2, -0.15) is 0 Å². The third kappa shape index (κ3) is 1.44. The highest BCUT2D eigenvalue weighted by atomic mass is 16.2. The van der Waals surface area contributed by atoms with Gasteiger partial charge in [-0.05, 0) is 6.92 Å². The fourth-order valence-corrected chi connectivity index (χ4v) is 1.08. The van der Waals surface area contributed by atoms with Crippen LogP contribution in [0.2, 0.25) is 0 Å². The van der Waals surface area contributed by atoms with Crippen LogP contribution in [0.25, 0.3) is 0 Å². The Balaban J connectivity index is 2.78. The van der Waals surface area contributed by atoms with Crippen molar-refractivity contribution in [1.82, 2.24) is 4.90 Å². The number of hydrogen-bond donors (Lipinski definition) is 1. The van der Waals surface area contributed by atoms with Crippen LogP contribution in [0.3, 0.4) is 0 Å². The van der Waals surface area contributed by atoms with Gasteiger partial charge in [0, 0.05) is 7.05 Å². The molecule has 1 heterocycles. The van der Waals surface area contributed by atoms with E-state index in [1.165, 1.54) is 7.05 Å². The van der Waals surface area contributed by atoms with Crippen molar-refractivity contribution >= 4 is 17.6 Å². The molecule has 1 atom stereocenters. The maximum absolute atomic E-state index is 11.2. The van der Waals surface area contributed by atoms with Gasteiger partial charge in [-0.3, -0.25) is 19.5 Å². The predicted molar refractivity (Wildman–Crippen MR) is 43.5 cm³/mol. The number of nitrogens with two attached hydrogens (primary N) is 1. The number of amides is 2. The van der Waals surface area contributed by atoms with Crippen LogP contribution in [-0.2, 0) is 9.59 Å². The summed E-state index contributed by atoms with van der Waals surface area (Å²) in [5.74, 6) is -0.142. The fraction of sp³-hybridized carbons (Fsp3) is 0.571. The smallest absolute Gasteiger partial charge is 0.254 e. The topological polar surface area (TPSA) is 75.8 Å². The van der Waals surface area contributed by atoms with Crippen LogP contribution in [0.4, 0.5) is 0 Å². The zero-order chi connectivity index (χ0) is 9.30. The Morgan fingerprint density at radius 3 is 2.58 bits per heavy atom. The van der Waals surface area contributed by atoms with E-state index in [2.05, 4.69) is 4.99 Å². The van der Waals surface area contributed by atoms with Gasteiger partial charge in [-0.15, -0.1) is 0 Å². The maximum atomic E-state index is 11.2. The van der Waals surface area contributed by atoms with Gasteiger partial charge in [-0.25, -0.2) is 0 Å². The van der Waals surface area contributed by atoms with Crippen LogP contribution in [0.5, 0.6) is 0 Å². The molecule has 5 heteroatoms. The number of likely N-dealkylation sites (tertiary alicyclic amines) is 1. The van der Waals surface area contributed by atoms with E-state index in [-0.39, 0.29) is 18.2 Å². The standard InChI is InChI=1S/C7H11N3O2/c1-4(8)9-5-3-6(11)10(2)7(5)12/h5H,3H2,1-2H3,(H2,8,9). The molecular weight excluding hydrogens is 158 g/mol. The molecule has 2 N–H and O–H groups in total. The van der Waals surface area contributed by atoms with Gasteiger partial charge in [-0.1, -0.05) is 0 Å². The second-order valence-electron chi connectivity index (χ2n) is 2.78. The van der Waals surface area contributed by atoms with Gasteiger partial charge in [0.1, 0.15) is 6.04 Å². The fourth-order valence-electron chi connectivity index (χ4n) is 1.08. The van der Waals surface area contributed by atoms with Crippen LogP contribution in [-0.4, -0.2) is 35.6 Å². The first-order chi connectivity index (χ1) is 5.52. The monoisotopic (exact) mass is 169 g/mol. The highest BCUT2D eigenvalue weighted by molar-refractivity contribution is 6.06. The van der Waals surface area contributed by atoms with Crippen molar-refractivity contribution in [3.63, 3.8) is 0 Å². The maximum Gasteiger partial charge on any atom is 0.254 e. The summed E-state index contributed by atoms with van der Waals surface area (Å²) < 4.78 is 0. The molecule has 66 valence electrons. The van der Waals surface area contributed by atoms with E-state index in [1.54, 1.807) is 6.92 Å². The molecule has 0 aromatic rings. The second kappa shape index (κ2) is 2.92. The van der Waals surface area contributed by atoms with Gasteiger partial charge in [0.2, 0.25) is 5.91 Å². The quantitative estimate of drug-likeness (QED) is 0.314. The summed E-state index contributed by atoms with van der Waals surface area (Å²) in [7, 11) is 1.45. The van der Waals surface area contributed by atoms with Crippen LogP contribution >= 0.6 is 0 Å². The molecule has 12 heavy (non-hydrogen) atoms. The summed E-state index contributed by atoms with van der Waals surface area (Å²) in [5.41, 5.74) is 5.29. The predicted octanol–water partition coefficient (Wildman–Crippen LogP) is -0.879. The van der Waals surface area contributed by atoms with Gasteiger partial charge in [0.05, 0.1) is 12.3 Å². The lowest BCUT2D eigenvalue weighted by Gasteiger charge is -2.04. The summed E-state index contributed by atoms with van der Waals surface area (Å²) in [6.45, 7) is 1.59. The van der Waals surface area contributed by atoms with Crippen molar-refractivity contribution in [2.75, 3.05) is 7.05 Å². The minimum absolute atomic E-state index is 0.143. The average molecular weight is 169 g/mol. The lowest BCUT2D eigenvalue weighted by Crippen LogP contribution is -2.27. The Labute approximate surface area is 70.2 Å². The van der Waals surface area contributed by atoms with Gasteiger partial charge in [0.25, 0.3) is 5.91 Å². The molecule has 1 saturated heterocycles. The van der Waals surface area contributed by atoms with Crippen LogP contribution < -0.4 is 5.73 Å². The first kappa shape index (κ1) is 8.70. The molecule has 1 aliphatic rings. The van der Waals surface area contributed by atoms with Crippen molar-refractivity contribution < 1.29 is 9.59 Å². The average Bonchev–Trinajstić information content (AvgIpc) is 2.17. The summed E-state index contributed by atoms with van der Waals surface area (Å²) >= 11 is 0. The lowest BCUT2D eigenvalue weighted by molar-refractivity contribution is -0.136. The van der Waals surface area contributed by atoms with E-state index in [9.17, 15) is 9.59 Å². The molecule has 5 nitrogen and oxygen atoms in total. The third-order valence-corrected chi connectivity index (χ3v) is 1.72. The van der Waals surface area contributed by atoms with Crippen molar-refractivity contribution in [3.8, 4) is 0 Å². The number of hydrogen-bond acceptors (Lipinski definition) is 3. The minimum atomic E-state index is -0.590. The summed E-state index contributed by atoms with van der Waals surface area (Å²) in [6.07, 6.45) is 0.143. The molecule has 1 rings (SSSR count). The summed E-state index contributed by atoms with van der Waals surface area (Å²) in [6, 6.07) is -0.590. The number of nitrogens with zero attached hydrogens (tertiary/aromatic N) is 2. The molecule has 0 aromatic heterocycles. The van der Waals surface area contributed by atoms with Crippen molar-refractivity contribution in [2.45, 2.75) is 19.4 Å². The molecule has 0 aromatic carbocycles. The number of carbonyl (C=O) groups is 2. The zero-order valence-electron chi connectivity index (χ0n) is 7.07. The Bertz CT molecular complexity index is 255. The van der Waals surface area contributed by atoms with Gasteiger partial charge >= 0.3 is 0 Å². The van der Waals surface area contributed by atoms with Crippen molar-refractivity contribution in [3.05, 3.63) is 0 Å². The number of imide groups is 1. The highest BCUT2D eigenvalue weighted by Crippen LogP contribution is 2.13. The number of aliphatic imine (C=N–C) groups is 1. The molecular formula is C7H11N3O2. The largest absolute Gasteiger partial charge is 0.388 e. The number of likely N-dealkylation sites (N-methyl/N-ethyl adjacent to an activating group) is 1. The lowest BCUT2D eigenvalue weighted by atomic mass is 10.2. The molecule has 2 amide bonds. The minimum Gasteiger partial charge on any atom is -0.388 e. The van der Waals surface area contributed by atoms with E-state index in [1.807, 2.05) is 0 Å². The van der Waals surface area contributed by atoms with E-state index >= 15 is 0 Å². The van der Waals surface area contributed by atoms with Crippen LogP contribution in [0.1, 0.15) is 13.3 Å². The molecule has 0 spiro atoms. The Hall–Kier alpha value is -1.39. The normalized spacial score (nSPS) is 25.3. The highest BCUT2D eigenvalue weighted by Gasteiger charge is 2.35. The number of amidine groups is 1. The number of carbonyl (C=O) groups excluding carboxylic acids is 2. The van der Waals surface area contributed by atoms with Crippen LogP contribution in [0.15, 0.2) is 4.99 Å². The Morgan fingerprint density at radius 2 is 2.25 bits per heavy atom. The van der Waals surface area contributed by atoms with E-state index in [4.69, 9.17) is 5.73 Å². The van der Waals surface area contributed by atoms with E-state index in [0.29, 0.717) is 5.84 Å². The summed E-state index contributed by atoms with van der Waals surface area (Å²) in [5, 5.41) is 0. The molecule has 1 fully saturated rings. The molecule has 0 aliphatic carbocycles. The van der Waals surface area contributed by atoms with Crippen LogP contribution in [0, 0.1) is 0 Å². The Morgan fingerprint density at radius 1 is 1.67 bits per heavy atom. The van der Waals surface area contributed by atoms with Crippen molar-refractivity contribution in [1.29, 1.82) is 0 Å². The summed E-state index contributed by atoms with van der Waals surface area (Å²) in [4.78, 5) is 27.1. The second-order valence-corrected chi connectivity index (χ2v) is 2.78. The van der Waals surface area contributed by atoms with E-state index < -0.39 is 6.04 Å². The first-order valence-electron chi connectivity index (χ1n) is 3.62. The molecule has 0 radical (unpaired) electrons. The SMILES string of the molecule is CC(N)=NC1CC(=O)N(C)C1=O. The third-order valence-electron chi connectivity index (χ3n) is 1.72.